The van der Waals surface area contributed by atoms with Crippen molar-refractivity contribution in [2.45, 2.75) is 4.34 Å². The second-order valence-corrected chi connectivity index (χ2v) is 8.44. The molecule has 0 unspecified atom stereocenters. The van der Waals surface area contributed by atoms with E-state index in [2.05, 4.69) is 31.4 Å². The number of ether oxygens (including phenoxy) is 1. The van der Waals surface area contributed by atoms with Gasteiger partial charge in [-0.1, -0.05) is 42.1 Å². The molecule has 0 aliphatic heterocycles. The minimum Gasteiger partial charge on any atom is -0.503 e. The molecule has 1 aromatic heterocycles. The number of rotatable bonds is 7. The van der Waals surface area contributed by atoms with E-state index in [1.165, 1.54) is 36.4 Å². The Morgan fingerprint density at radius 3 is 2.93 bits per heavy atom. The molecule has 2 aromatic carbocycles. The number of carbonyl (C=O) groups is 1. The highest BCUT2D eigenvalue weighted by molar-refractivity contribution is 9.10. The average molecular weight is 478 g/mol. The first-order valence-corrected chi connectivity index (χ1v) is 10.7. The molecule has 28 heavy (non-hydrogen) atoms. The van der Waals surface area contributed by atoms with E-state index in [-0.39, 0.29) is 17.4 Å². The number of hydrogen-bond donors (Lipinski definition) is 2. The smallest absolute Gasteiger partial charge is 0.250 e. The lowest BCUT2D eigenvalue weighted by molar-refractivity contribution is -0.118. The number of benzene rings is 2. The largest absolute Gasteiger partial charge is 0.503 e. The molecule has 1 heterocycles. The molecule has 0 atom stereocenters. The summed E-state index contributed by atoms with van der Waals surface area (Å²) in [5, 5.41) is 15.7. The first kappa shape index (κ1) is 20.4. The van der Waals surface area contributed by atoms with E-state index >= 15 is 0 Å². The molecule has 0 bridgehead atoms. The fourth-order valence-electron chi connectivity index (χ4n) is 2.23. The van der Waals surface area contributed by atoms with Gasteiger partial charge < -0.3 is 9.84 Å². The zero-order chi connectivity index (χ0) is 19.9. The molecular weight excluding hydrogens is 462 g/mol. The molecular formula is C19H16BrN3O3S2. The Morgan fingerprint density at radius 2 is 2.18 bits per heavy atom. The molecule has 0 spiro atoms. The number of phenols is 1. The molecule has 0 aliphatic rings. The van der Waals surface area contributed by atoms with Crippen LogP contribution in [-0.2, 0) is 4.79 Å². The third kappa shape index (κ3) is 5.34. The molecule has 3 rings (SSSR count). The van der Waals surface area contributed by atoms with Gasteiger partial charge >= 0.3 is 0 Å². The molecule has 144 valence electrons. The number of carbonyl (C=O) groups excluding carboxylic acids is 1. The second-order valence-electron chi connectivity index (χ2n) is 5.50. The van der Waals surface area contributed by atoms with Gasteiger partial charge in [0.05, 0.1) is 29.2 Å². The zero-order valence-corrected chi connectivity index (χ0v) is 18.0. The van der Waals surface area contributed by atoms with Gasteiger partial charge in [0, 0.05) is 10.9 Å². The maximum absolute atomic E-state index is 12.0. The van der Waals surface area contributed by atoms with Gasteiger partial charge in [0.2, 0.25) is 0 Å². The van der Waals surface area contributed by atoms with Gasteiger partial charge in [0.1, 0.15) is 0 Å². The van der Waals surface area contributed by atoms with E-state index in [1.54, 1.807) is 12.1 Å². The highest BCUT2D eigenvalue weighted by Crippen LogP contribution is 2.34. The molecule has 2 N–H and O–H groups in total. The van der Waals surface area contributed by atoms with Crippen molar-refractivity contribution >= 4 is 51.2 Å². The average Bonchev–Trinajstić information content (AvgIpc) is 3.19. The third-order valence-electron chi connectivity index (χ3n) is 3.55. The fraction of sp³-hybridized carbons (Fsp3) is 0.105. The zero-order valence-electron chi connectivity index (χ0n) is 14.8. The van der Waals surface area contributed by atoms with E-state index in [4.69, 9.17) is 4.74 Å². The molecule has 0 radical (unpaired) electrons. The Kier molecular flexibility index (Phi) is 7.07. The molecule has 0 fully saturated rings. The Hall–Kier alpha value is -2.36. The van der Waals surface area contributed by atoms with E-state index < -0.39 is 0 Å². The number of hydrazone groups is 1. The van der Waals surface area contributed by atoms with Crippen LogP contribution in [0.5, 0.6) is 11.5 Å². The van der Waals surface area contributed by atoms with Gasteiger partial charge in [-0.25, -0.2) is 10.4 Å². The molecule has 6 nitrogen and oxygen atoms in total. The monoisotopic (exact) mass is 477 g/mol. The molecule has 0 aliphatic carbocycles. The minimum atomic E-state index is -0.234. The number of aromatic hydroxyl groups is 1. The van der Waals surface area contributed by atoms with Crippen LogP contribution in [0.3, 0.4) is 0 Å². The van der Waals surface area contributed by atoms with Crippen molar-refractivity contribution in [3.63, 3.8) is 0 Å². The summed E-state index contributed by atoms with van der Waals surface area (Å²) in [6.45, 7) is 0. The first-order valence-electron chi connectivity index (χ1n) is 8.09. The van der Waals surface area contributed by atoms with Gasteiger partial charge in [-0.2, -0.15) is 5.10 Å². The van der Waals surface area contributed by atoms with Crippen LogP contribution in [0.2, 0.25) is 0 Å². The third-order valence-corrected chi connectivity index (χ3v) is 6.18. The van der Waals surface area contributed by atoms with Crippen LogP contribution in [0.15, 0.2) is 61.8 Å². The van der Waals surface area contributed by atoms with Gasteiger partial charge in [0.15, 0.2) is 15.8 Å². The van der Waals surface area contributed by atoms with Gasteiger partial charge in [-0.15, -0.1) is 11.3 Å². The van der Waals surface area contributed by atoms with Crippen LogP contribution in [-0.4, -0.2) is 35.1 Å². The SMILES string of the molecule is COc1cc(/C=N/NC(=O)CSc2nc(-c3ccccc3)cs2)cc(Br)c1O. The van der Waals surface area contributed by atoms with Gasteiger partial charge in [0.25, 0.3) is 5.91 Å². The predicted molar refractivity (Wildman–Crippen MR) is 116 cm³/mol. The van der Waals surface area contributed by atoms with Crippen molar-refractivity contribution in [3.05, 3.63) is 57.9 Å². The summed E-state index contributed by atoms with van der Waals surface area (Å²) in [6.07, 6.45) is 1.48. The molecule has 9 heteroatoms. The Labute approximate surface area is 178 Å². The van der Waals surface area contributed by atoms with Crippen LogP contribution in [0.1, 0.15) is 5.56 Å². The van der Waals surface area contributed by atoms with Crippen LogP contribution in [0.25, 0.3) is 11.3 Å². The number of thioether (sulfide) groups is 1. The van der Waals surface area contributed by atoms with Gasteiger partial charge in [-0.3, -0.25) is 4.79 Å². The molecule has 1 amide bonds. The van der Waals surface area contributed by atoms with E-state index in [0.717, 1.165) is 15.6 Å². The molecule has 0 saturated heterocycles. The summed E-state index contributed by atoms with van der Waals surface area (Å²) in [5.74, 6) is 0.304. The van der Waals surface area contributed by atoms with Crippen molar-refractivity contribution in [3.8, 4) is 22.8 Å². The molecule has 0 saturated carbocycles. The normalized spacial score (nSPS) is 10.9. The van der Waals surface area contributed by atoms with E-state index in [9.17, 15) is 9.90 Å². The summed E-state index contributed by atoms with van der Waals surface area (Å²) in [6, 6.07) is 13.2. The number of phenolic OH excluding ortho intramolecular Hbond substituents is 1. The standard InChI is InChI=1S/C19H16BrN3O3S2/c1-26-16-8-12(7-14(20)18(16)25)9-21-23-17(24)11-28-19-22-15(10-27-19)13-5-3-2-4-6-13/h2-10,25H,11H2,1H3,(H,23,24)/b21-9+. The summed E-state index contributed by atoms with van der Waals surface area (Å²) >= 11 is 6.11. The van der Waals surface area contributed by atoms with Crippen LogP contribution >= 0.6 is 39.0 Å². The quantitative estimate of drug-likeness (QED) is 0.296. The summed E-state index contributed by atoms with van der Waals surface area (Å²) < 4.78 is 6.38. The first-order chi connectivity index (χ1) is 13.6. The van der Waals surface area contributed by atoms with Crippen molar-refractivity contribution in [2.75, 3.05) is 12.9 Å². The second kappa shape index (κ2) is 9.72. The van der Waals surface area contributed by atoms with Crippen LogP contribution < -0.4 is 10.2 Å². The Morgan fingerprint density at radius 1 is 1.39 bits per heavy atom. The summed E-state index contributed by atoms with van der Waals surface area (Å²) in [7, 11) is 1.46. The number of halogens is 1. The lowest BCUT2D eigenvalue weighted by Gasteiger charge is -2.06. The number of methoxy groups -OCH3 is 1. The van der Waals surface area contributed by atoms with E-state index in [0.29, 0.717) is 15.8 Å². The Balaban J connectivity index is 1.52. The number of amides is 1. The maximum Gasteiger partial charge on any atom is 0.250 e. The predicted octanol–water partition coefficient (Wildman–Crippen LogP) is 4.53. The van der Waals surface area contributed by atoms with Crippen molar-refractivity contribution in [1.29, 1.82) is 0 Å². The number of nitrogens with zero attached hydrogens (tertiary/aromatic N) is 2. The number of thiazole rings is 1. The lowest BCUT2D eigenvalue weighted by Crippen LogP contribution is -2.19. The van der Waals surface area contributed by atoms with Crippen molar-refractivity contribution in [2.24, 2.45) is 5.10 Å². The lowest BCUT2D eigenvalue weighted by atomic mass is 10.2. The highest BCUT2D eigenvalue weighted by Gasteiger charge is 2.09. The number of aromatic nitrogens is 1. The fourth-order valence-corrected chi connectivity index (χ4v) is 4.31. The molecule has 3 aromatic rings. The van der Waals surface area contributed by atoms with Crippen LogP contribution in [0, 0.1) is 0 Å². The van der Waals surface area contributed by atoms with Crippen molar-refractivity contribution < 1.29 is 14.6 Å². The van der Waals surface area contributed by atoms with Crippen LogP contribution in [0.4, 0.5) is 0 Å². The Bertz CT molecular complexity index is 993. The van der Waals surface area contributed by atoms with E-state index in [1.807, 2.05) is 35.7 Å². The highest BCUT2D eigenvalue weighted by atomic mass is 79.9. The van der Waals surface area contributed by atoms with Gasteiger partial charge in [-0.05, 0) is 33.6 Å². The summed E-state index contributed by atoms with van der Waals surface area (Å²) in [4.78, 5) is 16.5. The number of hydrogen-bond acceptors (Lipinski definition) is 7. The minimum absolute atomic E-state index is 0.0124. The topological polar surface area (TPSA) is 83.8 Å². The maximum atomic E-state index is 12.0. The summed E-state index contributed by atoms with van der Waals surface area (Å²) in [5.41, 5.74) is 5.10. The van der Waals surface area contributed by atoms with Crippen molar-refractivity contribution in [1.82, 2.24) is 10.4 Å². The number of nitrogens with one attached hydrogen (secondary N) is 1.